The average Bonchev–Trinajstić information content (AvgIpc) is 3.67. The molecule has 1 atom stereocenters. The van der Waals surface area contributed by atoms with E-state index in [1.165, 1.54) is 18.9 Å². The smallest absolute Gasteiger partial charge is 0.344 e. The number of thioether (sulfide) groups is 1. The van der Waals surface area contributed by atoms with E-state index in [-0.39, 0.29) is 23.5 Å². The molecule has 2 aliphatic rings. The van der Waals surface area contributed by atoms with E-state index in [1.807, 2.05) is 60.7 Å². The quantitative estimate of drug-likeness (QED) is 0.370. The van der Waals surface area contributed by atoms with E-state index in [0.717, 1.165) is 24.0 Å². The third-order valence-corrected chi connectivity index (χ3v) is 7.06. The third kappa shape index (κ3) is 4.74. The highest BCUT2D eigenvalue weighted by molar-refractivity contribution is 7.99. The molecule has 2 heterocycles. The van der Waals surface area contributed by atoms with Gasteiger partial charge in [-0.15, -0.1) is 5.10 Å². The summed E-state index contributed by atoms with van der Waals surface area (Å²) in [5.74, 6) is -0.222. The van der Waals surface area contributed by atoms with Crippen molar-refractivity contribution in [3.05, 3.63) is 93.5 Å². The molecule has 1 unspecified atom stereocenters. The minimum atomic E-state index is -0.632. The maximum Gasteiger partial charge on any atom is 0.344 e. The van der Waals surface area contributed by atoms with Crippen LogP contribution in [-0.4, -0.2) is 50.6 Å². The summed E-state index contributed by atoms with van der Waals surface area (Å²) in [7, 11) is 1.34. The highest BCUT2D eigenvalue weighted by Crippen LogP contribution is 2.39. The Bertz CT molecular complexity index is 1310. The van der Waals surface area contributed by atoms with Crippen LogP contribution in [0.1, 0.15) is 30.0 Å². The van der Waals surface area contributed by atoms with E-state index < -0.39 is 12.0 Å². The molecule has 180 valence electrons. The molecule has 10 heteroatoms. The average molecular weight is 492 g/mol. The van der Waals surface area contributed by atoms with Crippen LogP contribution in [0.4, 0.5) is 4.79 Å². The number of ether oxygens (including phenoxy) is 1. The fourth-order valence-electron chi connectivity index (χ4n) is 4.24. The molecule has 0 saturated heterocycles. The maximum absolute atomic E-state index is 13.2. The summed E-state index contributed by atoms with van der Waals surface area (Å²) < 4.78 is 6.71. The molecule has 1 fully saturated rings. The minimum absolute atomic E-state index is 0.0349. The summed E-state index contributed by atoms with van der Waals surface area (Å²) >= 11 is 1.31. The lowest BCUT2D eigenvalue weighted by atomic mass is 9.95. The summed E-state index contributed by atoms with van der Waals surface area (Å²) in [6.45, 7) is 0.362. The van der Waals surface area contributed by atoms with Crippen molar-refractivity contribution in [1.29, 1.82) is 0 Å². The van der Waals surface area contributed by atoms with E-state index in [0.29, 0.717) is 23.0 Å². The van der Waals surface area contributed by atoms with Gasteiger partial charge in [-0.3, -0.25) is 9.47 Å². The number of hydrogen-bond acceptors (Lipinski definition) is 6. The number of hydrogen-bond donors (Lipinski definition) is 2. The van der Waals surface area contributed by atoms with Crippen molar-refractivity contribution < 1.29 is 14.3 Å². The third-order valence-electron chi connectivity index (χ3n) is 6.07. The van der Waals surface area contributed by atoms with Gasteiger partial charge >= 0.3 is 17.7 Å². The highest BCUT2D eigenvalue weighted by Gasteiger charge is 2.44. The van der Waals surface area contributed by atoms with Crippen molar-refractivity contribution >= 4 is 23.8 Å². The normalized spacial score (nSPS) is 17.9. The van der Waals surface area contributed by atoms with Gasteiger partial charge in [0, 0.05) is 17.5 Å². The number of aromatic amines is 1. The van der Waals surface area contributed by atoms with Gasteiger partial charge in [-0.05, 0) is 24.0 Å². The van der Waals surface area contributed by atoms with E-state index in [1.54, 1.807) is 9.47 Å². The molecule has 3 aromatic rings. The molecule has 5 rings (SSSR count). The van der Waals surface area contributed by atoms with Gasteiger partial charge in [-0.25, -0.2) is 19.5 Å². The first-order valence-corrected chi connectivity index (χ1v) is 12.3. The van der Waals surface area contributed by atoms with E-state index >= 15 is 0 Å². The van der Waals surface area contributed by atoms with Gasteiger partial charge < -0.3 is 10.1 Å². The van der Waals surface area contributed by atoms with Crippen LogP contribution in [0.5, 0.6) is 0 Å². The fourth-order valence-corrected chi connectivity index (χ4v) is 5.22. The Labute approximate surface area is 206 Å². The van der Waals surface area contributed by atoms with Crippen LogP contribution in [0.2, 0.25) is 0 Å². The van der Waals surface area contributed by atoms with Gasteiger partial charge in [0.25, 0.3) is 0 Å². The molecule has 35 heavy (non-hydrogen) atoms. The zero-order valence-corrected chi connectivity index (χ0v) is 20.0. The van der Waals surface area contributed by atoms with E-state index in [4.69, 9.17) is 4.74 Å². The monoisotopic (exact) mass is 491 g/mol. The lowest BCUT2D eigenvalue weighted by molar-refractivity contribution is -0.136. The Kier molecular flexibility index (Phi) is 6.45. The Morgan fingerprint density at radius 2 is 1.77 bits per heavy atom. The lowest BCUT2D eigenvalue weighted by Gasteiger charge is -2.36. The second-order valence-electron chi connectivity index (χ2n) is 8.42. The molecule has 0 bridgehead atoms. The molecular formula is C25H25N5O4S. The van der Waals surface area contributed by atoms with Crippen LogP contribution < -0.4 is 11.0 Å². The molecule has 2 N–H and O–H groups in total. The number of aromatic nitrogens is 3. The van der Waals surface area contributed by atoms with Crippen molar-refractivity contribution in [2.75, 3.05) is 12.9 Å². The Balaban J connectivity index is 1.51. The molecule has 2 amide bonds. The van der Waals surface area contributed by atoms with Crippen LogP contribution in [0.25, 0.3) is 0 Å². The number of nitrogens with zero attached hydrogens (tertiary/aromatic N) is 3. The SMILES string of the molecule is COC(=O)C1=C(CSc2n[nH]c(=O)n2Cc2ccccc2)N(C2CC2)C(=O)NC1c1ccccc1. The maximum atomic E-state index is 13.2. The van der Waals surface area contributed by atoms with Crippen molar-refractivity contribution in [3.63, 3.8) is 0 Å². The zero-order chi connectivity index (χ0) is 24.4. The molecule has 1 aliphatic carbocycles. The summed E-state index contributed by atoms with van der Waals surface area (Å²) in [4.78, 5) is 40.4. The van der Waals surface area contributed by atoms with Gasteiger partial charge in [0.05, 0.1) is 25.3 Å². The summed E-state index contributed by atoms with van der Waals surface area (Å²) in [5.41, 5.74) is 2.42. The molecular weight excluding hydrogens is 466 g/mol. The number of carbonyl (C=O) groups excluding carboxylic acids is 2. The Hall–Kier alpha value is -3.79. The molecule has 9 nitrogen and oxygen atoms in total. The topological polar surface area (TPSA) is 109 Å². The molecule has 1 aliphatic heterocycles. The number of esters is 1. The van der Waals surface area contributed by atoms with Gasteiger partial charge in [-0.1, -0.05) is 72.4 Å². The van der Waals surface area contributed by atoms with Gasteiger partial charge in [0.15, 0.2) is 5.16 Å². The first kappa shape index (κ1) is 23.0. The lowest BCUT2D eigenvalue weighted by Crippen LogP contribution is -2.50. The second-order valence-corrected chi connectivity index (χ2v) is 9.36. The Morgan fingerprint density at radius 3 is 2.43 bits per heavy atom. The van der Waals surface area contributed by atoms with Crippen molar-refractivity contribution in [1.82, 2.24) is 25.0 Å². The molecule has 0 spiro atoms. The van der Waals surface area contributed by atoms with Crippen LogP contribution in [-0.2, 0) is 16.1 Å². The minimum Gasteiger partial charge on any atom is -0.466 e. The summed E-state index contributed by atoms with van der Waals surface area (Å²) in [6, 6.07) is 18.1. The van der Waals surface area contributed by atoms with Gasteiger partial charge in [0.1, 0.15) is 0 Å². The molecule has 2 aromatic carbocycles. The van der Waals surface area contributed by atoms with Crippen LogP contribution in [0, 0.1) is 0 Å². The van der Waals surface area contributed by atoms with Crippen LogP contribution >= 0.6 is 11.8 Å². The van der Waals surface area contributed by atoms with E-state index in [9.17, 15) is 14.4 Å². The molecule has 0 radical (unpaired) electrons. The molecule has 1 saturated carbocycles. The number of benzene rings is 2. The first-order valence-electron chi connectivity index (χ1n) is 11.3. The fraction of sp³-hybridized carbons (Fsp3) is 0.280. The Morgan fingerprint density at radius 1 is 1.09 bits per heavy atom. The van der Waals surface area contributed by atoms with Crippen molar-refractivity contribution in [2.45, 2.75) is 36.6 Å². The largest absolute Gasteiger partial charge is 0.466 e. The van der Waals surface area contributed by atoms with Gasteiger partial charge in [0.2, 0.25) is 0 Å². The summed E-state index contributed by atoms with van der Waals surface area (Å²) in [5, 5.41) is 10.2. The zero-order valence-electron chi connectivity index (χ0n) is 19.1. The number of rotatable bonds is 8. The number of carbonyl (C=O) groups is 2. The predicted molar refractivity (Wildman–Crippen MR) is 131 cm³/mol. The highest BCUT2D eigenvalue weighted by atomic mass is 32.2. The number of amides is 2. The second kappa shape index (κ2) is 9.83. The first-order chi connectivity index (χ1) is 17.1. The van der Waals surface area contributed by atoms with Crippen LogP contribution in [0.3, 0.4) is 0 Å². The number of H-pyrrole nitrogens is 1. The molecule has 1 aromatic heterocycles. The number of methoxy groups -OCH3 is 1. The van der Waals surface area contributed by atoms with Crippen molar-refractivity contribution in [2.24, 2.45) is 0 Å². The van der Waals surface area contributed by atoms with E-state index in [2.05, 4.69) is 15.5 Å². The van der Waals surface area contributed by atoms with Crippen molar-refractivity contribution in [3.8, 4) is 0 Å². The predicted octanol–water partition coefficient (Wildman–Crippen LogP) is 3.07. The summed E-state index contributed by atoms with van der Waals surface area (Å²) in [6.07, 6.45) is 1.74. The standard InChI is InChI=1S/C25H25N5O4S/c1-34-22(31)20-19(15-35-25-28-27-24(33)29(25)14-16-8-4-2-5-9-16)30(18-12-13-18)23(32)26-21(20)17-10-6-3-7-11-17/h2-11,18,21H,12-15H2,1H3,(H,26,32)(H,27,33). The number of urea groups is 1. The van der Waals surface area contributed by atoms with Gasteiger partial charge in [-0.2, -0.15) is 0 Å². The van der Waals surface area contributed by atoms with Crippen LogP contribution in [0.15, 0.2) is 81.9 Å². The number of nitrogens with one attached hydrogen (secondary N) is 2.